The predicted molar refractivity (Wildman–Crippen MR) is 115 cm³/mol. The van der Waals surface area contributed by atoms with E-state index in [4.69, 9.17) is 4.74 Å². The Labute approximate surface area is 166 Å². The molecule has 2 heterocycles. The van der Waals surface area contributed by atoms with E-state index in [1.165, 1.54) is 44.8 Å². The van der Waals surface area contributed by atoms with E-state index in [1.54, 1.807) is 0 Å². The first kappa shape index (κ1) is 16.9. The zero-order valence-corrected chi connectivity index (χ0v) is 16.4. The van der Waals surface area contributed by atoms with Crippen LogP contribution in [0.4, 0.5) is 0 Å². The molecule has 1 aliphatic rings. The Morgan fingerprint density at radius 3 is 2.21 bits per heavy atom. The van der Waals surface area contributed by atoms with Crippen molar-refractivity contribution in [2.24, 2.45) is 7.05 Å². The van der Waals surface area contributed by atoms with Gasteiger partial charge in [0, 0.05) is 18.2 Å². The summed E-state index contributed by atoms with van der Waals surface area (Å²) >= 11 is 0. The fraction of sp³-hybridized carbons (Fsp3) is 0.154. The van der Waals surface area contributed by atoms with E-state index in [9.17, 15) is 0 Å². The van der Waals surface area contributed by atoms with Crippen LogP contribution in [0.1, 0.15) is 28.5 Å². The van der Waals surface area contributed by atoms with Crippen molar-refractivity contribution in [2.45, 2.75) is 20.0 Å². The Hall–Kier alpha value is -3.26. The van der Waals surface area contributed by atoms with Crippen molar-refractivity contribution in [1.29, 1.82) is 0 Å². The molecule has 0 saturated heterocycles. The molecule has 1 atom stereocenters. The Balaban J connectivity index is 1.80. The van der Waals surface area contributed by atoms with Crippen molar-refractivity contribution in [1.82, 2.24) is 4.57 Å². The van der Waals surface area contributed by atoms with Crippen LogP contribution in [0.2, 0.25) is 0 Å². The summed E-state index contributed by atoms with van der Waals surface area (Å²) in [7, 11) is 2.16. The van der Waals surface area contributed by atoms with Gasteiger partial charge >= 0.3 is 0 Å². The third kappa shape index (κ3) is 2.49. The van der Waals surface area contributed by atoms with Crippen molar-refractivity contribution >= 4 is 0 Å². The Bertz CT molecular complexity index is 1150. The molecular formula is C26H23NO. The lowest BCUT2D eigenvalue weighted by Crippen LogP contribution is -2.18. The van der Waals surface area contributed by atoms with Gasteiger partial charge < -0.3 is 9.30 Å². The van der Waals surface area contributed by atoms with Gasteiger partial charge in [0.15, 0.2) is 6.10 Å². The molecule has 0 saturated carbocycles. The monoisotopic (exact) mass is 365 g/mol. The second kappa shape index (κ2) is 6.42. The van der Waals surface area contributed by atoms with Crippen molar-refractivity contribution < 1.29 is 4.74 Å². The highest BCUT2D eigenvalue weighted by Crippen LogP contribution is 2.49. The minimum atomic E-state index is -0.119. The molecule has 1 aromatic heterocycles. The molecule has 5 rings (SSSR count). The molecule has 0 amide bonds. The van der Waals surface area contributed by atoms with Crippen molar-refractivity contribution in [3.8, 4) is 28.1 Å². The van der Waals surface area contributed by atoms with Gasteiger partial charge in [0.2, 0.25) is 0 Å². The average molecular weight is 365 g/mol. The predicted octanol–water partition coefficient (Wildman–Crippen LogP) is 6.46. The molecule has 0 unspecified atom stereocenters. The molecule has 28 heavy (non-hydrogen) atoms. The molecule has 1 aliphatic heterocycles. The lowest BCUT2D eigenvalue weighted by Gasteiger charge is -2.28. The lowest BCUT2D eigenvalue weighted by atomic mass is 9.92. The summed E-state index contributed by atoms with van der Waals surface area (Å²) in [6.07, 6.45) is -0.119. The Morgan fingerprint density at radius 1 is 0.786 bits per heavy atom. The zero-order chi connectivity index (χ0) is 19.3. The molecule has 2 heteroatoms. The smallest absolute Gasteiger partial charge is 0.164 e. The Kier molecular flexibility index (Phi) is 3.87. The summed E-state index contributed by atoms with van der Waals surface area (Å²) in [6, 6.07) is 27.7. The van der Waals surface area contributed by atoms with Crippen molar-refractivity contribution in [3.63, 3.8) is 0 Å². The number of benzene rings is 3. The molecule has 0 N–H and O–H groups in total. The topological polar surface area (TPSA) is 14.2 Å². The second-order valence-electron chi connectivity index (χ2n) is 7.56. The lowest BCUT2D eigenvalue weighted by molar-refractivity contribution is 0.235. The molecule has 4 aromatic rings. The van der Waals surface area contributed by atoms with E-state index in [-0.39, 0.29) is 6.10 Å². The fourth-order valence-corrected chi connectivity index (χ4v) is 4.43. The van der Waals surface area contributed by atoms with E-state index in [0.29, 0.717) is 0 Å². The average Bonchev–Trinajstić information content (AvgIpc) is 3.00. The van der Waals surface area contributed by atoms with E-state index in [1.807, 2.05) is 6.07 Å². The molecule has 0 bridgehead atoms. The number of aryl methyl sites for hydroxylation is 1. The van der Waals surface area contributed by atoms with Gasteiger partial charge in [0.05, 0.1) is 11.4 Å². The van der Waals surface area contributed by atoms with Gasteiger partial charge in [-0.15, -0.1) is 0 Å². The SMILES string of the molecule is Cc1ccc([C@@H]2Oc3ccccc3-c3c(C)c(-c4ccccc4)n(C)c32)cc1. The van der Waals surface area contributed by atoms with Crippen LogP contribution in [0.5, 0.6) is 5.75 Å². The maximum atomic E-state index is 6.55. The molecule has 138 valence electrons. The van der Waals surface area contributed by atoms with Gasteiger partial charge in [-0.3, -0.25) is 0 Å². The minimum Gasteiger partial charge on any atom is -0.479 e. The minimum absolute atomic E-state index is 0.119. The summed E-state index contributed by atoms with van der Waals surface area (Å²) in [5.41, 5.74) is 9.93. The first-order valence-electron chi connectivity index (χ1n) is 9.72. The van der Waals surface area contributed by atoms with E-state index < -0.39 is 0 Å². The van der Waals surface area contributed by atoms with Crippen LogP contribution >= 0.6 is 0 Å². The summed E-state index contributed by atoms with van der Waals surface area (Å²) in [6.45, 7) is 4.35. The second-order valence-corrected chi connectivity index (χ2v) is 7.56. The quantitative estimate of drug-likeness (QED) is 0.398. The van der Waals surface area contributed by atoms with Crippen LogP contribution in [0, 0.1) is 13.8 Å². The third-order valence-corrected chi connectivity index (χ3v) is 5.76. The van der Waals surface area contributed by atoms with Gasteiger partial charge in [-0.2, -0.15) is 0 Å². The first-order chi connectivity index (χ1) is 13.6. The number of hydrogen-bond donors (Lipinski definition) is 0. The van der Waals surface area contributed by atoms with Gasteiger partial charge in [0.1, 0.15) is 5.75 Å². The number of nitrogens with zero attached hydrogens (tertiary/aromatic N) is 1. The highest BCUT2D eigenvalue weighted by Gasteiger charge is 2.33. The molecule has 0 aliphatic carbocycles. The van der Waals surface area contributed by atoms with Gasteiger partial charge in [-0.1, -0.05) is 78.4 Å². The molecule has 0 spiro atoms. The highest BCUT2D eigenvalue weighted by atomic mass is 16.5. The van der Waals surface area contributed by atoms with Gasteiger partial charge in [-0.05, 0) is 36.6 Å². The number of fused-ring (bicyclic) bond motifs is 3. The third-order valence-electron chi connectivity index (χ3n) is 5.76. The molecule has 3 aromatic carbocycles. The Morgan fingerprint density at radius 2 is 1.46 bits per heavy atom. The van der Waals surface area contributed by atoms with E-state index >= 15 is 0 Å². The number of ether oxygens (including phenoxy) is 1. The van der Waals surface area contributed by atoms with Crippen LogP contribution in [0.3, 0.4) is 0 Å². The largest absolute Gasteiger partial charge is 0.479 e. The molecule has 2 nitrogen and oxygen atoms in total. The van der Waals surface area contributed by atoms with Crippen LogP contribution in [-0.4, -0.2) is 4.57 Å². The zero-order valence-electron chi connectivity index (χ0n) is 16.4. The van der Waals surface area contributed by atoms with Crippen LogP contribution in [0.15, 0.2) is 78.9 Å². The van der Waals surface area contributed by atoms with Gasteiger partial charge in [-0.25, -0.2) is 0 Å². The molecular weight excluding hydrogens is 342 g/mol. The maximum Gasteiger partial charge on any atom is 0.164 e. The number of hydrogen-bond acceptors (Lipinski definition) is 1. The van der Waals surface area contributed by atoms with Gasteiger partial charge in [0.25, 0.3) is 0 Å². The van der Waals surface area contributed by atoms with Crippen molar-refractivity contribution in [2.75, 3.05) is 0 Å². The van der Waals surface area contributed by atoms with Crippen molar-refractivity contribution in [3.05, 3.63) is 101 Å². The first-order valence-corrected chi connectivity index (χ1v) is 9.72. The maximum absolute atomic E-state index is 6.55. The highest BCUT2D eigenvalue weighted by molar-refractivity contribution is 5.85. The number of rotatable bonds is 2. The summed E-state index contributed by atoms with van der Waals surface area (Å²) in [5.74, 6) is 0.953. The van der Waals surface area contributed by atoms with E-state index in [0.717, 1.165) is 5.75 Å². The normalized spacial score (nSPS) is 14.9. The molecule has 0 fully saturated rings. The van der Waals surface area contributed by atoms with Crippen LogP contribution in [0.25, 0.3) is 22.4 Å². The standard InChI is InChI=1S/C26H23NO/c1-17-13-15-20(16-14-17)26-25-23(21-11-7-8-12-22(21)28-26)18(2)24(27(25)3)19-9-5-4-6-10-19/h4-16,26H,1-3H3/t26-/m0/s1. The molecule has 0 radical (unpaired) electrons. The fourth-order valence-electron chi connectivity index (χ4n) is 4.43. The number of aromatic nitrogens is 1. The van der Waals surface area contributed by atoms with Crippen LogP contribution in [-0.2, 0) is 7.05 Å². The van der Waals surface area contributed by atoms with E-state index in [2.05, 4.69) is 98.3 Å². The number of para-hydroxylation sites is 1. The summed E-state index contributed by atoms with van der Waals surface area (Å²) < 4.78 is 8.87. The summed E-state index contributed by atoms with van der Waals surface area (Å²) in [5, 5.41) is 0. The summed E-state index contributed by atoms with van der Waals surface area (Å²) in [4.78, 5) is 0. The van der Waals surface area contributed by atoms with Crippen LogP contribution < -0.4 is 4.74 Å².